The standard InChI is InChI=1S/C27H34N4O3/c1-19(2)34-18-17-31-26(32)24(21-7-5-20(3)6-8-21)25(27(31)33)28-22-9-11-23(12-10-22)30-15-13-29(4)14-16-30/h5-12,19,28H,13-18H2,1-4H3. The number of nitrogens with zero attached hydrogens (tertiary/aromatic N) is 3. The van der Waals surface area contributed by atoms with E-state index in [1.165, 1.54) is 4.90 Å². The van der Waals surface area contributed by atoms with E-state index in [-0.39, 0.29) is 24.5 Å². The molecule has 1 N–H and O–H groups in total. The number of piperazine rings is 1. The maximum Gasteiger partial charge on any atom is 0.278 e. The van der Waals surface area contributed by atoms with Gasteiger partial charge in [0.15, 0.2) is 0 Å². The third-order valence-electron chi connectivity index (χ3n) is 6.28. The number of hydrogen-bond donors (Lipinski definition) is 1. The molecule has 2 amide bonds. The fourth-order valence-electron chi connectivity index (χ4n) is 4.23. The van der Waals surface area contributed by atoms with Crippen LogP contribution in [0.3, 0.4) is 0 Å². The molecule has 0 unspecified atom stereocenters. The Hall–Kier alpha value is -3.16. The van der Waals surface area contributed by atoms with Crippen molar-refractivity contribution in [2.75, 3.05) is 56.6 Å². The molecule has 1 fully saturated rings. The quantitative estimate of drug-likeness (QED) is 0.607. The minimum atomic E-state index is -0.323. The highest BCUT2D eigenvalue weighted by molar-refractivity contribution is 6.36. The average Bonchev–Trinajstić information content (AvgIpc) is 3.05. The van der Waals surface area contributed by atoms with Crippen LogP contribution in [0.1, 0.15) is 25.0 Å². The first-order valence-corrected chi connectivity index (χ1v) is 11.9. The molecule has 0 bridgehead atoms. The van der Waals surface area contributed by atoms with E-state index in [0.29, 0.717) is 17.9 Å². The number of hydrogen-bond acceptors (Lipinski definition) is 6. The SMILES string of the molecule is Cc1ccc(C2=C(Nc3ccc(N4CCN(C)CC4)cc3)C(=O)N(CCOC(C)C)C2=O)cc1. The lowest BCUT2D eigenvalue weighted by molar-refractivity contribution is -0.137. The van der Waals surface area contributed by atoms with E-state index in [2.05, 4.69) is 34.3 Å². The van der Waals surface area contributed by atoms with Crippen LogP contribution in [0.15, 0.2) is 54.2 Å². The van der Waals surface area contributed by atoms with Crippen LogP contribution in [0.4, 0.5) is 11.4 Å². The second-order valence-corrected chi connectivity index (χ2v) is 9.26. The number of benzene rings is 2. The van der Waals surface area contributed by atoms with Crippen LogP contribution in [0.5, 0.6) is 0 Å². The first-order valence-electron chi connectivity index (χ1n) is 11.9. The second kappa shape index (κ2) is 10.4. The summed E-state index contributed by atoms with van der Waals surface area (Å²) in [6.45, 7) is 10.5. The molecule has 34 heavy (non-hydrogen) atoms. The van der Waals surface area contributed by atoms with Crippen LogP contribution in [0.25, 0.3) is 5.57 Å². The highest BCUT2D eigenvalue weighted by Crippen LogP contribution is 2.31. The van der Waals surface area contributed by atoms with E-state index in [9.17, 15) is 9.59 Å². The number of rotatable bonds is 8. The molecule has 0 aliphatic carbocycles. The molecular formula is C27H34N4O3. The lowest BCUT2D eigenvalue weighted by Crippen LogP contribution is -2.44. The smallest absolute Gasteiger partial charge is 0.278 e. The Balaban J connectivity index is 1.57. The van der Waals surface area contributed by atoms with E-state index in [1.54, 1.807) is 0 Å². The van der Waals surface area contributed by atoms with Crippen molar-refractivity contribution in [1.29, 1.82) is 0 Å². The molecule has 2 aliphatic heterocycles. The van der Waals surface area contributed by atoms with Gasteiger partial charge in [-0.1, -0.05) is 29.8 Å². The van der Waals surface area contributed by atoms with Crippen LogP contribution in [-0.2, 0) is 14.3 Å². The van der Waals surface area contributed by atoms with Crippen molar-refractivity contribution in [3.8, 4) is 0 Å². The number of imide groups is 1. The van der Waals surface area contributed by atoms with Crippen molar-refractivity contribution < 1.29 is 14.3 Å². The van der Waals surface area contributed by atoms with Gasteiger partial charge in [-0.3, -0.25) is 14.5 Å². The van der Waals surface area contributed by atoms with Gasteiger partial charge in [0.05, 0.1) is 24.8 Å². The topological polar surface area (TPSA) is 65.1 Å². The molecule has 0 spiro atoms. The maximum atomic E-state index is 13.3. The molecule has 7 nitrogen and oxygen atoms in total. The average molecular weight is 463 g/mol. The number of ether oxygens (including phenoxy) is 1. The van der Waals surface area contributed by atoms with Crippen molar-refractivity contribution in [2.45, 2.75) is 26.9 Å². The first-order chi connectivity index (χ1) is 16.3. The molecule has 4 rings (SSSR count). The summed E-state index contributed by atoms with van der Waals surface area (Å²) >= 11 is 0. The Morgan fingerprint density at radius 1 is 0.912 bits per heavy atom. The van der Waals surface area contributed by atoms with Crippen LogP contribution < -0.4 is 10.2 Å². The normalized spacial score (nSPS) is 17.3. The number of carbonyl (C=O) groups excluding carboxylic acids is 2. The summed E-state index contributed by atoms with van der Waals surface area (Å²) in [6, 6.07) is 15.8. The minimum absolute atomic E-state index is 0.0359. The van der Waals surface area contributed by atoms with Gasteiger partial charge in [-0.15, -0.1) is 0 Å². The van der Waals surface area contributed by atoms with E-state index >= 15 is 0 Å². The van der Waals surface area contributed by atoms with Gasteiger partial charge < -0.3 is 19.9 Å². The van der Waals surface area contributed by atoms with Crippen LogP contribution in [-0.4, -0.2) is 74.1 Å². The molecule has 0 radical (unpaired) electrons. The first kappa shape index (κ1) is 24.0. The monoisotopic (exact) mass is 462 g/mol. The summed E-state index contributed by atoms with van der Waals surface area (Å²) in [7, 11) is 2.14. The fourth-order valence-corrected chi connectivity index (χ4v) is 4.23. The molecule has 0 saturated carbocycles. The van der Waals surface area contributed by atoms with Crippen LogP contribution in [0, 0.1) is 6.92 Å². The Bertz CT molecular complexity index is 1050. The van der Waals surface area contributed by atoms with Gasteiger partial charge in [-0.05, 0) is 57.6 Å². The minimum Gasteiger partial charge on any atom is -0.377 e. The molecule has 1 saturated heterocycles. The highest BCUT2D eigenvalue weighted by Gasteiger charge is 2.39. The predicted molar refractivity (Wildman–Crippen MR) is 136 cm³/mol. The molecule has 2 aromatic rings. The largest absolute Gasteiger partial charge is 0.377 e. The predicted octanol–water partition coefficient (Wildman–Crippen LogP) is 3.36. The van der Waals surface area contributed by atoms with E-state index in [0.717, 1.165) is 48.7 Å². The lowest BCUT2D eigenvalue weighted by atomic mass is 10.0. The van der Waals surface area contributed by atoms with Crippen molar-refractivity contribution in [2.24, 2.45) is 0 Å². The Morgan fingerprint density at radius 2 is 1.56 bits per heavy atom. The van der Waals surface area contributed by atoms with Crippen molar-refractivity contribution >= 4 is 28.8 Å². The molecule has 7 heteroatoms. The van der Waals surface area contributed by atoms with Crippen molar-refractivity contribution in [1.82, 2.24) is 9.80 Å². The maximum absolute atomic E-state index is 13.3. The number of nitrogens with one attached hydrogen (secondary N) is 1. The Kier molecular flexibility index (Phi) is 7.34. The van der Waals surface area contributed by atoms with Crippen molar-refractivity contribution in [3.63, 3.8) is 0 Å². The Labute approximate surface area is 202 Å². The summed E-state index contributed by atoms with van der Waals surface area (Å²) in [4.78, 5) is 32.6. The molecular weight excluding hydrogens is 428 g/mol. The molecule has 2 heterocycles. The zero-order chi connectivity index (χ0) is 24.2. The third-order valence-corrected chi connectivity index (χ3v) is 6.28. The highest BCUT2D eigenvalue weighted by atomic mass is 16.5. The van der Waals surface area contributed by atoms with E-state index in [4.69, 9.17) is 4.74 Å². The van der Waals surface area contributed by atoms with Gasteiger partial charge in [-0.2, -0.15) is 0 Å². The van der Waals surface area contributed by atoms with Crippen LogP contribution >= 0.6 is 0 Å². The summed E-state index contributed by atoms with van der Waals surface area (Å²) in [6.07, 6.45) is 0.0359. The van der Waals surface area contributed by atoms with E-state index in [1.807, 2.05) is 57.2 Å². The molecule has 2 aliphatic rings. The van der Waals surface area contributed by atoms with Gasteiger partial charge in [0.25, 0.3) is 11.8 Å². The zero-order valence-corrected chi connectivity index (χ0v) is 20.5. The third kappa shape index (κ3) is 5.32. The van der Waals surface area contributed by atoms with Gasteiger partial charge >= 0.3 is 0 Å². The molecule has 180 valence electrons. The second-order valence-electron chi connectivity index (χ2n) is 9.26. The zero-order valence-electron chi connectivity index (χ0n) is 20.5. The van der Waals surface area contributed by atoms with Gasteiger partial charge in [0.1, 0.15) is 5.70 Å². The number of carbonyl (C=O) groups is 2. The number of aryl methyl sites for hydroxylation is 1. The van der Waals surface area contributed by atoms with Gasteiger partial charge in [0, 0.05) is 37.6 Å². The summed E-state index contributed by atoms with van der Waals surface area (Å²) in [5.41, 5.74) is 4.47. The number of likely N-dealkylation sites (N-methyl/N-ethyl adjacent to an activating group) is 1. The van der Waals surface area contributed by atoms with E-state index < -0.39 is 0 Å². The van der Waals surface area contributed by atoms with Crippen LogP contribution in [0.2, 0.25) is 0 Å². The lowest BCUT2D eigenvalue weighted by Gasteiger charge is -2.34. The molecule has 2 aromatic carbocycles. The molecule has 0 atom stereocenters. The summed E-state index contributed by atoms with van der Waals surface area (Å²) < 4.78 is 5.60. The summed E-state index contributed by atoms with van der Waals surface area (Å²) in [5, 5.41) is 3.25. The molecule has 0 aromatic heterocycles. The van der Waals surface area contributed by atoms with Gasteiger partial charge in [-0.25, -0.2) is 0 Å². The number of anilines is 2. The fraction of sp³-hybridized carbons (Fsp3) is 0.407. The summed E-state index contributed by atoms with van der Waals surface area (Å²) in [5.74, 6) is -0.617. The van der Waals surface area contributed by atoms with Crippen molar-refractivity contribution in [3.05, 3.63) is 65.4 Å². The number of amides is 2. The van der Waals surface area contributed by atoms with Gasteiger partial charge in [0.2, 0.25) is 0 Å². The Morgan fingerprint density at radius 3 is 2.18 bits per heavy atom.